The normalized spacial score (nSPS) is 18.8. The van der Waals surface area contributed by atoms with Gasteiger partial charge in [-0.05, 0) is 44.0 Å². The highest BCUT2D eigenvalue weighted by Crippen LogP contribution is 2.39. The molecule has 0 fully saturated rings. The molecule has 0 spiro atoms. The van der Waals surface area contributed by atoms with E-state index in [0.717, 1.165) is 18.0 Å². The third-order valence-corrected chi connectivity index (χ3v) is 3.46. The topological polar surface area (TPSA) is 20.3 Å². The first-order chi connectivity index (χ1) is 8.84. The maximum atomic E-state index is 12.7. The molecule has 0 aromatic heterocycles. The van der Waals surface area contributed by atoms with Crippen LogP contribution in [-0.2, 0) is 17.4 Å². The van der Waals surface area contributed by atoms with Crippen LogP contribution in [0.3, 0.4) is 0 Å². The van der Waals surface area contributed by atoms with Gasteiger partial charge in [0.05, 0.1) is 5.56 Å². The minimum atomic E-state index is -4.32. The van der Waals surface area contributed by atoms with Crippen molar-refractivity contribution in [3.63, 3.8) is 0 Å². The smallest absolute Gasteiger partial charge is 0.365 e. The van der Waals surface area contributed by atoms with E-state index in [1.54, 1.807) is 0 Å². The van der Waals surface area contributed by atoms with Gasteiger partial charge in [-0.15, -0.1) is 0 Å². The zero-order chi connectivity index (χ0) is 14.2. The fourth-order valence-corrected chi connectivity index (χ4v) is 2.73. The van der Waals surface area contributed by atoms with E-state index in [1.807, 2.05) is 18.7 Å². The summed E-state index contributed by atoms with van der Waals surface area (Å²) >= 11 is 0. The van der Waals surface area contributed by atoms with E-state index in [0.29, 0.717) is 18.4 Å². The Morgan fingerprint density at radius 2 is 2.11 bits per heavy atom. The zero-order valence-electron chi connectivity index (χ0n) is 10.9. The van der Waals surface area contributed by atoms with E-state index in [1.165, 1.54) is 12.1 Å². The molecule has 1 aromatic rings. The molecule has 104 valence electrons. The number of nitrogens with zero attached hydrogens (tertiary/aromatic N) is 1. The lowest BCUT2D eigenvalue weighted by Gasteiger charge is -2.30. The second-order valence-electron chi connectivity index (χ2n) is 5.10. The minimum absolute atomic E-state index is 0.0315. The van der Waals surface area contributed by atoms with Gasteiger partial charge in [0.2, 0.25) is 0 Å². The molecule has 0 N–H and O–H groups in total. The molecule has 1 aromatic carbocycles. The fourth-order valence-electron chi connectivity index (χ4n) is 2.73. The Morgan fingerprint density at radius 3 is 2.63 bits per heavy atom. The quantitative estimate of drug-likeness (QED) is 0.785. The summed E-state index contributed by atoms with van der Waals surface area (Å²) in [5.41, 5.74) is 0.868. The fraction of sp³-hybridized carbons (Fsp3) is 0.500. The van der Waals surface area contributed by atoms with Crippen molar-refractivity contribution in [1.29, 1.82) is 0 Å². The largest absolute Gasteiger partial charge is 0.416 e. The summed E-state index contributed by atoms with van der Waals surface area (Å²) in [6.45, 7) is 3.95. The van der Waals surface area contributed by atoms with Gasteiger partial charge >= 0.3 is 6.18 Å². The molecule has 0 bridgehead atoms. The molecule has 0 saturated heterocycles. The summed E-state index contributed by atoms with van der Waals surface area (Å²) in [7, 11) is 0. The Labute approximate surface area is 110 Å². The number of anilines is 1. The van der Waals surface area contributed by atoms with Crippen LogP contribution in [0.1, 0.15) is 31.4 Å². The number of rotatable bonds is 3. The summed E-state index contributed by atoms with van der Waals surface area (Å²) in [6, 6.07) is 3.95. The molecular weight excluding hydrogens is 255 g/mol. The molecule has 19 heavy (non-hydrogen) atoms. The lowest BCUT2D eigenvalue weighted by molar-refractivity contribution is -0.137. The van der Waals surface area contributed by atoms with Crippen molar-refractivity contribution in [2.75, 3.05) is 4.90 Å². The van der Waals surface area contributed by atoms with Gasteiger partial charge in [0, 0.05) is 24.2 Å². The Hall–Kier alpha value is -1.52. The molecule has 1 aliphatic rings. The van der Waals surface area contributed by atoms with Crippen molar-refractivity contribution in [3.05, 3.63) is 29.3 Å². The lowest BCUT2D eigenvalue weighted by atomic mass is 10.1. The molecule has 1 aliphatic heterocycles. The van der Waals surface area contributed by atoms with Crippen molar-refractivity contribution in [2.45, 2.75) is 44.9 Å². The summed E-state index contributed by atoms with van der Waals surface area (Å²) in [5.74, 6) is 0. The van der Waals surface area contributed by atoms with Crippen LogP contribution in [0.25, 0.3) is 0 Å². The van der Waals surface area contributed by atoms with Crippen molar-refractivity contribution < 1.29 is 18.0 Å². The molecule has 2 rings (SSSR count). The van der Waals surface area contributed by atoms with Crippen molar-refractivity contribution in [2.24, 2.45) is 0 Å². The van der Waals surface area contributed by atoms with Crippen LogP contribution in [0.4, 0.5) is 18.9 Å². The highest BCUT2D eigenvalue weighted by Gasteiger charge is 2.35. The number of fused-ring (bicyclic) bond motifs is 1. The predicted molar refractivity (Wildman–Crippen MR) is 67.2 cm³/mol. The third kappa shape index (κ3) is 2.60. The van der Waals surface area contributed by atoms with Crippen molar-refractivity contribution >= 4 is 12.0 Å². The zero-order valence-corrected chi connectivity index (χ0v) is 10.9. The maximum Gasteiger partial charge on any atom is 0.416 e. The summed E-state index contributed by atoms with van der Waals surface area (Å²) < 4.78 is 38.1. The average molecular weight is 271 g/mol. The van der Waals surface area contributed by atoms with Crippen LogP contribution in [-0.4, -0.2) is 18.4 Å². The molecule has 5 heteroatoms. The van der Waals surface area contributed by atoms with E-state index in [-0.39, 0.29) is 12.1 Å². The molecule has 1 heterocycles. The average Bonchev–Trinajstić information content (AvgIpc) is 2.65. The number of benzene rings is 1. The number of carbonyl (C=O) groups is 1. The van der Waals surface area contributed by atoms with Crippen molar-refractivity contribution in [3.8, 4) is 0 Å². The monoisotopic (exact) mass is 271 g/mol. The van der Waals surface area contributed by atoms with Crippen molar-refractivity contribution in [1.82, 2.24) is 0 Å². The van der Waals surface area contributed by atoms with Crippen LogP contribution >= 0.6 is 0 Å². The SMILES string of the molecule is CC(C)N1c2ccc(C(F)(F)F)cc2CC1CC=O. The van der Waals surface area contributed by atoms with Gasteiger partial charge in [0.1, 0.15) is 6.29 Å². The third-order valence-electron chi connectivity index (χ3n) is 3.46. The molecule has 0 radical (unpaired) electrons. The van der Waals surface area contributed by atoms with Crippen LogP contribution in [0.2, 0.25) is 0 Å². The molecule has 1 atom stereocenters. The minimum Gasteiger partial charge on any atom is -0.365 e. The summed E-state index contributed by atoms with van der Waals surface area (Å²) in [4.78, 5) is 12.7. The van der Waals surface area contributed by atoms with E-state index in [4.69, 9.17) is 0 Å². The van der Waals surface area contributed by atoms with E-state index < -0.39 is 11.7 Å². The second-order valence-corrected chi connectivity index (χ2v) is 5.10. The number of alkyl halides is 3. The highest BCUT2D eigenvalue weighted by atomic mass is 19.4. The van der Waals surface area contributed by atoms with Gasteiger partial charge in [0.25, 0.3) is 0 Å². The standard InChI is InChI=1S/C14H16F3NO/c1-9(2)18-12(5-6-19)8-10-7-11(14(15,16)17)3-4-13(10)18/h3-4,6-7,9,12H,5,8H2,1-2H3. The van der Waals surface area contributed by atoms with Crippen LogP contribution in [0, 0.1) is 0 Å². The number of hydrogen-bond donors (Lipinski definition) is 0. The van der Waals surface area contributed by atoms with Gasteiger partial charge in [0.15, 0.2) is 0 Å². The molecule has 0 saturated carbocycles. The Kier molecular flexibility index (Phi) is 3.56. The van der Waals surface area contributed by atoms with Gasteiger partial charge in [-0.3, -0.25) is 0 Å². The molecular formula is C14H16F3NO. The Balaban J connectivity index is 2.39. The predicted octanol–water partition coefficient (Wildman–Crippen LogP) is 3.43. The lowest BCUT2D eigenvalue weighted by Crippen LogP contribution is -2.37. The van der Waals surface area contributed by atoms with E-state index in [9.17, 15) is 18.0 Å². The number of hydrogen-bond acceptors (Lipinski definition) is 2. The van der Waals surface area contributed by atoms with Crippen LogP contribution in [0.5, 0.6) is 0 Å². The number of halogens is 3. The van der Waals surface area contributed by atoms with Crippen LogP contribution < -0.4 is 4.90 Å². The molecule has 0 amide bonds. The molecule has 2 nitrogen and oxygen atoms in total. The van der Waals surface area contributed by atoms with Gasteiger partial charge in [-0.2, -0.15) is 13.2 Å². The first kappa shape index (κ1) is 13.9. The molecule has 1 unspecified atom stereocenters. The van der Waals surface area contributed by atoms with Gasteiger partial charge in [-0.1, -0.05) is 0 Å². The van der Waals surface area contributed by atoms with E-state index in [2.05, 4.69) is 0 Å². The number of carbonyl (C=O) groups excluding carboxylic acids is 1. The second kappa shape index (κ2) is 4.87. The highest BCUT2D eigenvalue weighted by molar-refractivity contribution is 5.64. The maximum absolute atomic E-state index is 12.7. The first-order valence-corrected chi connectivity index (χ1v) is 6.26. The van der Waals surface area contributed by atoms with E-state index >= 15 is 0 Å². The Bertz CT molecular complexity index is 482. The Morgan fingerprint density at radius 1 is 1.42 bits per heavy atom. The summed E-state index contributed by atoms with van der Waals surface area (Å²) in [6.07, 6.45) is -2.65. The first-order valence-electron chi connectivity index (χ1n) is 6.26. The summed E-state index contributed by atoms with van der Waals surface area (Å²) in [5, 5.41) is 0. The van der Waals surface area contributed by atoms with Gasteiger partial charge < -0.3 is 9.69 Å². The van der Waals surface area contributed by atoms with Gasteiger partial charge in [-0.25, -0.2) is 0 Å². The number of aldehydes is 1. The molecule has 0 aliphatic carbocycles. The van der Waals surface area contributed by atoms with Crippen LogP contribution in [0.15, 0.2) is 18.2 Å².